The summed E-state index contributed by atoms with van der Waals surface area (Å²) in [4.78, 5) is 35.6. The minimum Gasteiger partial charge on any atom is -0.481 e. The highest BCUT2D eigenvalue weighted by Crippen LogP contribution is 2.23. The zero-order valence-electron chi connectivity index (χ0n) is 12.7. The number of aromatic carboxylic acids is 1. The predicted molar refractivity (Wildman–Crippen MR) is 79.2 cm³/mol. The molecule has 1 unspecified atom stereocenters. The van der Waals surface area contributed by atoms with Crippen molar-refractivity contribution in [3.05, 3.63) is 29.3 Å². The molecular formula is C15H19NO6. The quantitative estimate of drug-likeness (QED) is 0.789. The van der Waals surface area contributed by atoms with Gasteiger partial charge in [0.1, 0.15) is 6.61 Å². The smallest absolute Gasteiger partial charge is 0.335 e. The van der Waals surface area contributed by atoms with Crippen LogP contribution >= 0.6 is 0 Å². The monoisotopic (exact) mass is 309 g/mol. The molecule has 1 amide bonds. The number of carboxylic acids is 2. The first kappa shape index (κ1) is 17.6. The van der Waals surface area contributed by atoms with Crippen LogP contribution in [0, 0.1) is 12.8 Å². The number of nitrogens with zero attached hydrogens (tertiary/aromatic N) is 1. The van der Waals surface area contributed by atoms with Gasteiger partial charge < -0.3 is 19.8 Å². The summed E-state index contributed by atoms with van der Waals surface area (Å²) in [5.41, 5.74) is 1.07. The zero-order valence-corrected chi connectivity index (χ0v) is 12.7. The molecule has 0 aliphatic rings. The van der Waals surface area contributed by atoms with Crippen molar-refractivity contribution in [2.45, 2.75) is 13.8 Å². The highest BCUT2D eigenvalue weighted by atomic mass is 16.5. The fourth-order valence-corrected chi connectivity index (χ4v) is 1.92. The maximum absolute atomic E-state index is 12.2. The lowest BCUT2D eigenvalue weighted by Gasteiger charge is -2.26. The van der Waals surface area contributed by atoms with E-state index in [9.17, 15) is 14.4 Å². The Kier molecular flexibility index (Phi) is 6.06. The molecule has 7 nitrogen and oxygen atoms in total. The molecule has 1 aromatic rings. The summed E-state index contributed by atoms with van der Waals surface area (Å²) in [6.07, 6.45) is 0. The SMILES string of the molecule is COCC(=O)N(CC(C)C(=O)O)c1cc(C(=O)O)ccc1C. The molecule has 0 fully saturated rings. The van der Waals surface area contributed by atoms with Gasteiger partial charge in [-0.05, 0) is 24.6 Å². The minimum absolute atomic E-state index is 0.0267. The number of methoxy groups -OCH3 is 1. The van der Waals surface area contributed by atoms with E-state index >= 15 is 0 Å². The summed E-state index contributed by atoms with van der Waals surface area (Å²) < 4.78 is 4.81. The number of carbonyl (C=O) groups excluding carboxylic acids is 1. The molecule has 0 spiro atoms. The van der Waals surface area contributed by atoms with Crippen molar-refractivity contribution in [1.29, 1.82) is 0 Å². The Balaban J connectivity index is 3.25. The lowest BCUT2D eigenvalue weighted by atomic mass is 10.1. The average molecular weight is 309 g/mol. The maximum atomic E-state index is 12.2. The Hall–Kier alpha value is -2.41. The van der Waals surface area contributed by atoms with Gasteiger partial charge in [-0.3, -0.25) is 9.59 Å². The molecule has 22 heavy (non-hydrogen) atoms. The number of aliphatic carboxylic acids is 1. The molecule has 0 radical (unpaired) electrons. The van der Waals surface area contributed by atoms with Crippen LogP contribution in [0.2, 0.25) is 0 Å². The summed E-state index contributed by atoms with van der Waals surface area (Å²) in [6, 6.07) is 4.37. The van der Waals surface area contributed by atoms with E-state index < -0.39 is 23.8 Å². The largest absolute Gasteiger partial charge is 0.481 e. The number of rotatable bonds is 7. The van der Waals surface area contributed by atoms with E-state index in [2.05, 4.69) is 0 Å². The molecule has 0 bridgehead atoms. The van der Waals surface area contributed by atoms with Crippen molar-refractivity contribution < 1.29 is 29.3 Å². The van der Waals surface area contributed by atoms with E-state index in [0.29, 0.717) is 11.3 Å². The number of anilines is 1. The number of benzene rings is 1. The van der Waals surface area contributed by atoms with Gasteiger partial charge in [-0.15, -0.1) is 0 Å². The number of carbonyl (C=O) groups is 3. The second-order valence-electron chi connectivity index (χ2n) is 4.98. The van der Waals surface area contributed by atoms with Gasteiger partial charge in [-0.1, -0.05) is 13.0 Å². The first-order valence-corrected chi connectivity index (χ1v) is 6.64. The summed E-state index contributed by atoms with van der Waals surface area (Å²) in [7, 11) is 1.36. The summed E-state index contributed by atoms with van der Waals surface area (Å²) in [6.45, 7) is 2.91. The lowest BCUT2D eigenvalue weighted by molar-refractivity contribution is -0.140. The fraction of sp³-hybridized carbons (Fsp3) is 0.400. The average Bonchev–Trinajstić information content (AvgIpc) is 2.45. The van der Waals surface area contributed by atoms with Crippen molar-refractivity contribution in [2.24, 2.45) is 5.92 Å². The molecular weight excluding hydrogens is 290 g/mol. The third kappa shape index (κ3) is 4.29. The van der Waals surface area contributed by atoms with Crippen LogP contribution in [0.5, 0.6) is 0 Å². The molecule has 0 saturated heterocycles. The highest BCUT2D eigenvalue weighted by molar-refractivity contribution is 5.97. The molecule has 0 heterocycles. The Morgan fingerprint density at radius 1 is 1.27 bits per heavy atom. The Morgan fingerprint density at radius 3 is 2.41 bits per heavy atom. The molecule has 7 heteroatoms. The van der Waals surface area contributed by atoms with E-state index in [1.54, 1.807) is 13.0 Å². The molecule has 120 valence electrons. The molecule has 0 saturated carbocycles. The first-order chi connectivity index (χ1) is 10.3. The van der Waals surface area contributed by atoms with Gasteiger partial charge in [0.05, 0.1) is 11.5 Å². The maximum Gasteiger partial charge on any atom is 0.335 e. The van der Waals surface area contributed by atoms with E-state index in [-0.39, 0.29) is 18.7 Å². The second-order valence-corrected chi connectivity index (χ2v) is 4.98. The van der Waals surface area contributed by atoms with Gasteiger partial charge in [-0.25, -0.2) is 4.79 Å². The highest BCUT2D eigenvalue weighted by Gasteiger charge is 2.24. The fourth-order valence-electron chi connectivity index (χ4n) is 1.92. The van der Waals surface area contributed by atoms with Crippen LogP contribution in [0.25, 0.3) is 0 Å². The van der Waals surface area contributed by atoms with Crippen molar-refractivity contribution in [1.82, 2.24) is 0 Å². The molecule has 1 atom stereocenters. The van der Waals surface area contributed by atoms with Crippen LogP contribution in [0.1, 0.15) is 22.8 Å². The zero-order chi connectivity index (χ0) is 16.9. The van der Waals surface area contributed by atoms with Gasteiger partial charge in [0.2, 0.25) is 0 Å². The van der Waals surface area contributed by atoms with E-state index in [0.717, 1.165) is 0 Å². The van der Waals surface area contributed by atoms with Crippen LogP contribution in [0.4, 0.5) is 5.69 Å². The summed E-state index contributed by atoms with van der Waals surface area (Å²) in [5.74, 6) is -3.39. The van der Waals surface area contributed by atoms with Gasteiger partial charge >= 0.3 is 11.9 Å². The van der Waals surface area contributed by atoms with Crippen molar-refractivity contribution in [3.8, 4) is 0 Å². The number of hydrogen-bond acceptors (Lipinski definition) is 4. The predicted octanol–water partition coefficient (Wildman–Crippen LogP) is 1.39. The Labute approximate surface area is 128 Å². The molecule has 1 aromatic carbocycles. The van der Waals surface area contributed by atoms with Crippen LogP contribution in [-0.4, -0.2) is 48.3 Å². The summed E-state index contributed by atoms with van der Waals surface area (Å²) in [5, 5.41) is 18.1. The lowest BCUT2D eigenvalue weighted by Crippen LogP contribution is -2.39. The topological polar surface area (TPSA) is 104 Å². The summed E-state index contributed by atoms with van der Waals surface area (Å²) >= 11 is 0. The number of amides is 1. The Bertz CT molecular complexity index is 583. The van der Waals surface area contributed by atoms with Crippen LogP contribution < -0.4 is 4.90 Å². The number of ether oxygens (including phenoxy) is 1. The molecule has 0 aliphatic heterocycles. The van der Waals surface area contributed by atoms with Crippen molar-refractivity contribution in [3.63, 3.8) is 0 Å². The minimum atomic E-state index is -1.12. The van der Waals surface area contributed by atoms with Gasteiger partial charge in [-0.2, -0.15) is 0 Å². The molecule has 0 aliphatic carbocycles. The van der Waals surface area contributed by atoms with Crippen LogP contribution in [0.3, 0.4) is 0 Å². The second kappa shape index (κ2) is 7.56. The van der Waals surface area contributed by atoms with Gasteiger partial charge in [0.25, 0.3) is 5.91 Å². The Morgan fingerprint density at radius 2 is 1.91 bits per heavy atom. The van der Waals surface area contributed by atoms with E-state index in [4.69, 9.17) is 14.9 Å². The molecule has 1 rings (SSSR count). The third-order valence-corrected chi connectivity index (χ3v) is 3.19. The number of aryl methyl sites for hydroxylation is 1. The van der Waals surface area contributed by atoms with Crippen molar-refractivity contribution in [2.75, 3.05) is 25.2 Å². The molecule has 2 N–H and O–H groups in total. The third-order valence-electron chi connectivity index (χ3n) is 3.19. The molecule has 0 aromatic heterocycles. The van der Waals surface area contributed by atoms with Crippen LogP contribution in [0.15, 0.2) is 18.2 Å². The first-order valence-electron chi connectivity index (χ1n) is 6.64. The number of hydrogen-bond donors (Lipinski definition) is 2. The number of carboxylic acid groups (broad SMARTS) is 2. The van der Waals surface area contributed by atoms with E-state index in [1.807, 2.05) is 0 Å². The van der Waals surface area contributed by atoms with Gasteiger partial charge in [0.15, 0.2) is 0 Å². The van der Waals surface area contributed by atoms with Gasteiger partial charge in [0, 0.05) is 19.3 Å². The van der Waals surface area contributed by atoms with E-state index in [1.165, 1.54) is 31.1 Å². The standard InChI is InChI=1S/C15H19NO6/c1-9-4-5-11(15(20)21)6-12(9)16(13(17)8-22-3)7-10(2)14(18)19/h4-6,10H,7-8H2,1-3H3,(H,18,19)(H,20,21). The normalized spacial score (nSPS) is 11.8. The van der Waals surface area contributed by atoms with Crippen molar-refractivity contribution >= 4 is 23.5 Å². The van der Waals surface area contributed by atoms with Crippen LogP contribution in [-0.2, 0) is 14.3 Å².